The maximum atomic E-state index is 13.6. The molecule has 0 spiro atoms. The van der Waals surface area contributed by atoms with E-state index in [1.807, 2.05) is 66.7 Å². The molecule has 0 amide bonds. The summed E-state index contributed by atoms with van der Waals surface area (Å²) in [6.45, 7) is 0. The molecular weight excluding hydrogens is 516 g/mol. The lowest BCUT2D eigenvalue weighted by molar-refractivity contribution is 1.01. The molecule has 0 aliphatic heterocycles. The van der Waals surface area contributed by atoms with E-state index < -0.39 is 0 Å². The van der Waals surface area contributed by atoms with E-state index in [1.165, 1.54) is 0 Å². The third-order valence-corrected chi connectivity index (χ3v) is 8.34. The number of fused-ring (bicyclic) bond motifs is 9. The Bertz CT molecular complexity index is 2600. The first-order valence-corrected chi connectivity index (χ1v) is 14.0. The van der Waals surface area contributed by atoms with Crippen LogP contribution in [0.1, 0.15) is 0 Å². The van der Waals surface area contributed by atoms with Crippen LogP contribution in [-0.4, -0.2) is 19.5 Å². The Morgan fingerprint density at radius 2 is 1.29 bits per heavy atom. The molecule has 196 valence electrons. The smallest absolute Gasteiger partial charge is 0.256 e. The molecule has 3 aromatic heterocycles. The Kier molecular flexibility index (Phi) is 4.70. The molecule has 0 unspecified atom stereocenters. The molecule has 0 radical (unpaired) electrons. The second-order valence-electron chi connectivity index (χ2n) is 10.7. The molecule has 0 aliphatic rings. The van der Waals surface area contributed by atoms with Crippen LogP contribution in [0.2, 0.25) is 0 Å². The van der Waals surface area contributed by atoms with Gasteiger partial charge in [-0.15, -0.1) is 0 Å². The van der Waals surface area contributed by atoms with Crippen molar-refractivity contribution in [1.29, 1.82) is 0 Å². The molecule has 3 heterocycles. The van der Waals surface area contributed by atoms with Crippen molar-refractivity contribution in [2.45, 2.75) is 0 Å². The monoisotopic (exact) mass is 538 g/mol. The summed E-state index contributed by atoms with van der Waals surface area (Å²) in [6, 6.07) is 43.2. The van der Waals surface area contributed by atoms with Gasteiger partial charge in [0.05, 0.1) is 22.2 Å². The van der Waals surface area contributed by atoms with Crippen LogP contribution in [0.25, 0.3) is 82.4 Å². The Morgan fingerprint density at radius 1 is 0.548 bits per heavy atom. The number of nitrogens with one attached hydrogen (secondary N) is 1. The summed E-state index contributed by atoms with van der Waals surface area (Å²) in [7, 11) is 0. The number of pyridine rings is 1. The lowest BCUT2D eigenvalue weighted by atomic mass is 9.98. The van der Waals surface area contributed by atoms with Crippen molar-refractivity contribution in [3.63, 3.8) is 0 Å². The minimum atomic E-state index is -0.115. The first kappa shape index (κ1) is 22.9. The summed E-state index contributed by atoms with van der Waals surface area (Å²) >= 11 is 0. The van der Waals surface area contributed by atoms with Gasteiger partial charge >= 0.3 is 0 Å². The number of aromatic amines is 1. The van der Waals surface area contributed by atoms with Crippen LogP contribution < -0.4 is 5.56 Å². The fraction of sp³-hybridized carbons (Fsp3) is 0. The highest BCUT2D eigenvalue weighted by molar-refractivity contribution is 6.23. The van der Waals surface area contributed by atoms with Crippen LogP contribution in [0, 0.1) is 0 Å². The van der Waals surface area contributed by atoms with Gasteiger partial charge in [0.25, 0.3) is 5.56 Å². The molecule has 9 aromatic rings. The van der Waals surface area contributed by atoms with E-state index in [1.54, 1.807) is 0 Å². The molecule has 0 saturated heterocycles. The highest BCUT2D eigenvalue weighted by atomic mass is 16.1. The van der Waals surface area contributed by atoms with Gasteiger partial charge in [-0.25, -0.2) is 9.97 Å². The third kappa shape index (κ3) is 3.22. The summed E-state index contributed by atoms with van der Waals surface area (Å²) in [5, 5.41) is 8.01. The largest absolute Gasteiger partial charge is 0.321 e. The lowest BCUT2D eigenvalue weighted by Crippen LogP contribution is -2.07. The Balaban J connectivity index is 1.45. The minimum Gasteiger partial charge on any atom is -0.321 e. The number of para-hydroxylation sites is 2. The van der Waals surface area contributed by atoms with Crippen molar-refractivity contribution < 1.29 is 0 Å². The Labute approximate surface area is 239 Å². The molecule has 0 atom stereocenters. The molecule has 0 aliphatic carbocycles. The molecular formula is C37H22N4O. The predicted molar refractivity (Wildman–Crippen MR) is 172 cm³/mol. The zero-order chi connectivity index (χ0) is 27.8. The van der Waals surface area contributed by atoms with Gasteiger partial charge in [-0.05, 0) is 46.5 Å². The first-order valence-electron chi connectivity index (χ1n) is 14.0. The van der Waals surface area contributed by atoms with Gasteiger partial charge in [0.2, 0.25) is 5.95 Å². The zero-order valence-corrected chi connectivity index (χ0v) is 22.4. The van der Waals surface area contributed by atoms with E-state index >= 15 is 0 Å². The number of nitrogens with zero attached hydrogens (tertiary/aromatic N) is 3. The second-order valence-corrected chi connectivity index (χ2v) is 10.7. The molecule has 0 fully saturated rings. The van der Waals surface area contributed by atoms with Crippen LogP contribution in [-0.2, 0) is 0 Å². The molecule has 9 rings (SSSR count). The lowest BCUT2D eigenvalue weighted by Gasteiger charge is -2.12. The van der Waals surface area contributed by atoms with Crippen molar-refractivity contribution in [3.05, 3.63) is 138 Å². The first-order chi connectivity index (χ1) is 20.7. The normalized spacial score (nSPS) is 11.9. The van der Waals surface area contributed by atoms with Crippen LogP contribution in [0.3, 0.4) is 0 Å². The molecule has 6 aromatic carbocycles. The van der Waals surface area contributed by atoms with Crippen molar-refractivity contribution in [3.8, 4) is 17.2 Å². The number of hydrogen-bond donors (Lipinski definition) is 1. The fourth-order valence-corrected chi connectivity index (χ4v) is 6.46. The summed E-state index contributed by atoms with van der Waals surface area (Å²) in [4.78, 5) is 26.9. The van der Waals surface area contributed by atoms with Crippen molar-refractivity contribution >= 4 is 65.2 Å². The van der Waals surface area contributed by atoms with Crippen LogP contribution in [0.5, 0.6) is 0 Å². The molecule has 5 nitrogen and oxygen atoms in total. The number of rotatable bonds is 2. The van der Waals surface area contributed by atoms with Crippen LogP contribution in [0.4, 0.5) is 0 Å². The summed E-state index contributed by atoms with van der Waals surface area (Å²) in [5.74, 6) is 0.570. The molecule has 1 N–H and O–H groups in total. The quantitative estimate of drug-likeness (QED) is 0.224. The van der Waals surface area contributed by atoms with Crippen molar-refractivity contribution in [2.24, 2.45) is 0 Å². The molecule has 0 bridgehead atoms. The van der Waals surface area contributed by atoms with Crippen LogP contribution >= 0.6 is 0 Å². The highest BCUT2D eigenvalue weighted by Gasteiger charge is 2.19. The minimum absolute atomic E-state index is 0.115. The van der Waals surface area contributed by atoms with E-state index in [0.29, 0.717) is 11.3 Å². The van der Waals surface area contributed by atoms with Gasteiger partial charge in [-0.1, -0.05) is 97.1 Å². The van der Waals surface area contributed by atoms with E-state index in [9.17, 15) is 4.79 Å². The predicted octanol–water partition coefficient (Wildman–Crippen LogP) is 8.54. The summed E-state index contributed by atoms with van der Waals surface area (Å²) in [6.07, 6.45) is 0. The zero-order valence-electron chi connectivity index (χ0n) is 22.4. The highest BCUT2D eigenvalue weighted by Crippen LogP contribution is 2.37. The van der Waals surface area contributed by atoms with E-state index in [4.69, 9.17) is 9.97 Å². The number of hydrogen-bond acceptors (Lipinski definition) is 3. The SMILES string of the molecule is O=c1[nH]c2ccc3ccccc3c2c2cc3c4ccccc4n(-c4nc(-c5ccccc5)c5ccccc5n4)c3cc12. The van der Waals surface area contributed by atoms with Gasteiger partial charge in [0.15, 0.2) is 0 Å². The van der Waals surface area contributed by atoms with Gasteiger partial charge < -0.3 is 4.98 Å². The number of H-pyrrole nitrogens is 1. The fourth-order valence-electron chi connectivity index (χ4n) is 6.46. The Morgan fingerprint density at radius 3 is 2.17 bits per heavy atom. The van der Waals surface area contributed by atoms with E-state index in [0.717, 1.165) is 71.0 Å². The van der Waals surface area contributed by atoms with Crippen LogP contribution in [0.15, 0.2) is 132 Å². The standard InChI is InChI=1S/C37H22N4O/c42-36-29-21-33-27(20-28(29)34-24-13-5-4-10-22(24)18-19-31(34)38-36)25-14-7-9-17-32(25)41(33)37-39-30-16-8-6-15-26(30)35(40-37)23-11-2-1-3-12-23/h1-21H,(H,38,42). The summed E-state index contributed by atoms with van der Waals surface area (Å²) < 4.78 is 2.09. The van der Waals surface area contributed by atoms with Crippen molar-refractivity contribution in [1.82, 2.24) is 19.5 Å². The summed E-state index contributed by atoms with van der Waals surface area (Å²) in [5.41, 5.74) is 5.36. The maximum Gasteiger partial charge on any atom is 0.256 e. The molecule has 5 heteroatoms. The topological polar surface area (TPSA) is 63.6 Å². The third-order valence-electron chi connectivity index (χ3n) is 8.34. The second kappa shape index (κ2) is 8.59. The van der Waals surface area contributed by atoms with Gasteiger partial charge in [0, 0.05) is 38.0 Å². The number of aromatic nitrogens is 4. The maximum absolute atomic E-state index is 13.6. The Hall–Kier alpha value is -5.81. The average molecular weight is 539 g/mol. The van der Waals surface area contributed by atoms with Gasteiger partial charge in [0.1, 0.15) is 0 Å². The number of benzene rings is 6. The van der Waals surface area contributed by atoms with E-state index in [2.05, 4.69) is 70.2 Å². The molecule has 42 heavy (non-hydrogen) atoms. The average Bonchev–Trinajstić information content (AvgIpc) is 3.37. The van der Waals surface area contributed by atoms with Gasteiger partial charge in [-0.2, -0.15) is 0 Å². The molecule has 0 saturated carbocycles. The van der Waals surface area contributed by atoms with E-state index in [-0.39, 0.29) is 5.56 Å². The van der Waals surface area contributed by atoms with Crippen molar-refractivity contribution in [2.75, 3.05) is 0 Å². The van der Waals surface area contributed by atoms with Gasteiger partial charge in [-0.3, -0.25) is 9.36 Å².